The Bertz CT molecular complexity index is 454. The second-order valence-electron chi connectivity index (χ2n) is 5.65. The Hall–Kier alpha value is -0.580. The van der Waals surface area contributed by atoms with Crippen molar-refractivity contribution in [2.45, 2.75) is 37.9 Å². The van der Waals surface area contributed by atoms with Crippen LogP contribution in [-0.4, -0.2) is 25.4 Å². The van der Waals surface area contributed by atoms with E-state index in [1.807, 2.05) is 24.3 Å². The number of halogens is 1. The molecule has 19 heavy (non-hydrogen) atoms. The lowest BCUT2D eigenvalue weighted by molar-refractivity contribution is 0.0530. The average Bonchev–Trinajstić information content (AvgIpc) is 3.00. The summed E-state index contributed by atoms with van der Waals surface area (Å²) in [6.07, 6.45) is 5.26. The van der Waals surface area contributed by atoms with E-state index in [1.165, 1.54) is 12.8 Å². The number of hydrogen-bond donors (Lipinski definition) is 1. The summed E-state index contributed by atoms with van der Waals surface area (Å²) in [5, 5.41) is 0. The van der Waals surface area contributed by atoms with Crippen LogP contribution in [0.1, 0.15) is 25.7 Å². The van der Waals surface area contributed by atoms with Crippen LogP contribution in [0, 0.1) is 5.41 Å². The molecule has 2 saturated heterocycles. The van der Waals surface area contributed by atoms with Gasteiger partial charge in [0.05, 0.1) is 18.8 Å². The number of ether oxygens (including phenoxy) is 2. The number of benzene rings is 1. The minimum absolute atomic E-state index is 0.148. The van der Waals surface area contributed by atoms with Crippen molar-refractivity contribution in [3.05, 3.63) is 28.7 Å². The summed E-state index contributed by atoms with van der Waals surface area (Å²) in [5.74, 6) is 0.908. The van der Waals surface area contributed by atoms with Gasteiger partial charge in [0.25, 0.3) is 0 Å². The molecule has 2 bridgehead atoms. The Labute approximate surface area is 122 Å². The SMILES string of the molecule is NCC1(CCOc2cccc(Br)c2)CC2CCC1O2. The van der Waals surface area contributed by atoms with Crippen molar-refractivity contribution < 1.29 is 9.47 Å². The fraction of sp³-hybridized carbons (Fsp3) is 0.600. The van der Waals surface area contributed by atoms with E-state index in [2.05, 4.69) is 15.9 Å². The lowest BCUT2D eigenvalue weighted by Crippen LogP contribution is -2.40. The van der Waals surface area contributed by atoms with Gasteiger partial charge in [-0.1, -0.05) is 22.0 Å². The van der Waals surface area contributed by atoms with E-state index in [-0.39, 0.29) is 5.41 Å². The zero-order chi connectivity index (χ0) is 13.3. The highest BCUT2D eigenvalue weighted by Crippen LogP contribution is 2.49. The smallest absolute Gasteiger partial charge is 0.120 e. The van der Waals surface area contributed by atoms with Crippen LogP contribution in [-0.2, 0) is 4.74 Å². The maximum atomic E-state index is 6.02. The van der Waals surface area contributed by atoms with E-state index in [9.17, 15) is 0 Å². The van der Waals surface area contributed by atoms with Gasteiger partial charge in [0.2, 0.25) is 0 Å². The molecule has 2 aliphatic heterocycles. The van der Waals surface area contributed by atoms with E-state index in [1.54, 1.807) is 0 Å². The van der Waals surface area contributed by atoms with Gasteiger partial charge < -0.3 is 15.2 Å². The Morgan fingerprint density at radius 3 is 2.95 bits per heavy atom. The number of fused-ring (bicyclic) bond motifs is 2. The van der Waals surface area contributed by atoms with Crippen LogP contribution in [0.25, 0.3) is 0 Å². The first-order valence-electron chi connectivity index (χ1n) is 6.96. The Kier molecular flexibility index (Phi) is 3.83. The molecule has 3 nitrogen and oxygen atoms in total. The van der Waals surface area contributed by atoms with Gasteiger partial charge in [-0.15, -0.1) is 0 Å². The van der Waals surface area contributed by atoms with Crippen molar-refractivity contribution in [1.82, 2.24) is 0 Å². The Morgan fingerprint density at radius 1 is 1.42 bits per heavy atom. The van der Waals surface area contributed by atoms with Gasteiger partial charge in [0.15, 0.2) is 0 Å². The fourth-order valence-electron chi connectivity index (χ4n) is 3.40. The number of nitrogens with two attached hydrogens (primary N) is 1. The van der Waals surface area contributed by atoms with Crippen LogP contribution in [0.2, 0.25) is 0 Å². The predicted octanol–water partition coefficient (Wildman–Crippen LogP) is 3.11. The molecule has 0 saturated carbocycles. The summed E-state index contributed by atoms with van der Waals surface area (Å²) in [7, 11) is 0. The van der Waals surface area contributed by atoms with Gasteiger partial charge in [-0.05, 0) is 43.9 Å². The molecule has 1 aromatic rings. The standard InChI is InChI=1S/C15H20BrNO2/c16-11-2-1-3-12(8-11)18-7-6-15(10-17)9-13-4-5-14(15)19-13/h1-3,8,13-14H,4-7,9-10,17H2. The van der Waals surface area contributed by atoms with Gasteiger partial charge in [0, 0.05) is 16.4 Å². The fourth-order valence-corrected chi connectivity index (χ4v) is 3.78. The van der Waals surface area contributed by atoms with Crippen molar-refractivity contribution >= 4 is 15.9 Å². The molecule has 3 rings (SSSR count). The van der Waals surface area contributed by atoms with Gasteiger partial charge in [-0.2, -0.15) is 0 Å². The Balaban J connectivity index is 1.57. The lowest BCUT2D eigenvalue weighted by atomic mass is 9.72. The molecule has 0 spiro atoms. The molecule has 2 aliphatic rings. The van der Waals surface area contributed by atoms with E-state index < -0.39 is 0 Å². The lowest BCUT2D eigenvalue weighted by Gasteiger charge is -2.34. The molecule has 0 aromatic heterocycles. The first-order valence-corrected chi connectivity index (χ1v) is 7.75. The molecule has 0 amide bonds. The third-order valence-corrected chi connectivity index (χ3v) is 4.99. The molecule has 0 aliphatic carbocycles. The predicted molar refractivity (Wildman–Crippen MR) is 78.3 cm³/mol. The molecule has 4 heteroatoms. The van der Waals surface area contributed by atoms with Crippen molar-refractivity contribution in [2.75, 3.05) is 13.2 Å². The van der Waals surface area contributed by atoms with Crippen LogP contribution >= 0.6 is 15.9 Å². The second-order valence-corrected chi connectivity index (χ2v) is 6.57. The minimum atomic E-state index is 0.148. The van der Waals surface area contributed by atoms with E-state index >= 15 is 0 Å². The van der Waals surface area contributed by atoms with Crippen LogP contribution < -0.4 is 10.5 Å². The number of hydrogen-bond acceptors (Lipinski definition) is 3. The number of rotatable bonds is 5. The Morgan fingerprint density at radius 2 is 2.32 bits per heavy atom. The first-order chi connectivity index (χ1) is 9.22. The largest absolute Gasteiger partial charge is 0.494 e. The zero-order valence-electron chi connectivity index (χ0n) is 11.0. The molecular weight excluding hydrogens is 306 g/mol. The normalized spacial score (nSPS) is 32.7. The van der Waals surface area contributed by atoms with Crippen LogP contribution in [0.5, 0.6) is 5.75 Å². The third-order valence-electron chi connectivity index (χ3n) is 4.50. The average molecular weight is 326 g/mol. The topological polar surface area (TPSA) is 44.5 Å². The van der Waals surface area contributed by atoms with Crippen molar-refractivity contribution in [3.8, 4) is 5.75 Å². The van der Waals surface area contributed by atoms with E-state index in [4.69, 9.17) is 15.2 Å². The summed E-state index contributed by atoms with van der Waals surface area (Å²) in [4.78, 5) is 0. The highest BCUT2D eigenvalue weighted by Gasteiger charge is 2.51. The highest BCUT2D eigenvalue weighted by molar-refractivity contribution is 9.10. The molecule has 1 aromatic carbocycles. The third kappa shape index (κ3) is 2.67. The summed E-state index contributed by atoms with van der Waals surface area (Å²) in [6, 6.07) is 7.96. The summed E-state index contributed by atoms with van der Waals surface area (Å²) < 4.78 is 12.8. The molecule has 3 atom stereocenters. The monoisotopic (exact) mass is 325 g/mol. The zero-order valence-corrected chi connectivity index (χ0v) is 12.6. The molecule has 2 N–H and O–H groups in total. The second kappa shape index (κ2) is 5.43. The van der Waals surface area contributed by atoms with Crippen LogP contribution in [0.4, 0.5) is 0 Å². The molecule has 3 unspecified atom stereocenters. The highest BCUT2D eigenvalue weighted by atomic mass is 79.9. The van der Waals surface area contributed by atoms with Crippen molar-refractivity contribution in [2.24, 2.45) is 11.1 Å². The van der Waals surface area contributed by atoms with Crippen molar-refractivity contribution in [3.63, 3.8) is 0 Å². The van der Waals surface area contributed by atoms with Gasteiger partial charge in [-0.25, -0.2) is 0 Å². The summed E-state index contributed by atoms with van der Waals surface area (Å²) >= 11 is 3.45. The van der Waals surface area contributed by atoms with Gasteiger partial charge in [0.1, 0.15) is 5.75 Å². The molecule has 0 radical (unpaired) electrons. The van der Waals surface area contributed by atoms with Crippen LogP contribution in [0.3, 0.4) is 0 Å². The maximum Gasteiger partial charge on any atom is 0.120 e. The summed E-state index contributed by atoms with van der Waals surface area (Å²) in [5.41, 5.74) is 6.16. The molecular formula is C15H20BrNO2. The van der Waals surface area contributed by atoms with Crippen molar-refractivity contribution in [1.29, 1.82) is 0 Å². The van der Waals surface area contributed by atoms with Gasteiger partial charge in [-0.3, -0.25) is 0 Å². The van der Waals surface area contributed by atoms with Gasteiger partial charge >= 0.3 is 0 Å². The molecule has 2 heterocycles. The molecule has 2 fully saturated rings. The molecule has 104 valence electrons. The summed E-state index contributed by atoms with van der Waals surface area (Å²) in [6.45, 7) is 1.41. The quantitative estimate of drug-likeness (QED) is 0.904. The van der Waals surface area contributed by atoms with E-state index in [0.717, 1.165) is 23.1 Å². The van der Waals surface area contributed by atoms with E-state index in [0.29, 0.717) is 25.4 Å². The minimum Gasteiger partial charge on any atom is -0.494 e. The van der Waals surface area contributed by atoms with Crippen LogP contribution in [0.15, 0.2) is 28.7 Å². The maximum absolute atomic E-state index is 6.02. The first kappa shape index (κ1) is 13.4.